The summed E-state index contributed by atoms with van der Waals surface area (Å²) in [5.74, 6) is -0.196. The summed E-state index contributed by atoms with van der Waals surface area (Å²) in [6.45, 7) is 4.72. The largest absolute Gasteiger partial charge is 0.487 e. The fourth-order valence-electron chi connectivity index (χ4n) is 4.42. The number of alkyl halides is 1. The Labute approximate surface area is 207 Å². The summed E-state index contributed by atoms with van der Waals surface area (Å²) in [5, 5.41) is 4.07. The van der Waals surface area contributed by atoms with Crippen molar-refractivity contribution in [2.24, 2.45) is 5.92 Å². The van der Waals surface area contributed by atoms with Gasteiger partial charge in [-0.2, -0.15) is 5.10 Å². The monoisotopic (exact) mass is 496 g/mol. The van der Waals surface area contributed by atoms with Crippen molar-refractivity contribution in [2.75, 3.05) is 18.0 Å². The number of hydrogen-bond donors (Lipinski definition) is 0. The van der Waals surface area contributed by atoms with Gasteiger partial charge >= 0.3 is 0 Å². The summed E-state index contributed by atoms with van der Waals surface area (Å²) < 4.78 is 47.4. The van der Waals surface area contributed by atoms with Crippen LogP contribution in [0.25, 0.3) is 22.3 Å². The van der Waals surface area contributed by atoms with Crippen molar-refractivity contribution in [1.29, 1.82) is 0 Å². The van der Waals surface area contributed by atoms with E-state index in [1.54, 1.807) is 18.6 Å². The maximum Gasteiger partial charge on any atom is 0.181 e. The van der Waals surface area contributed by atoms with Gasteiger partial charge in [-0.25, -0.2) is 27.8 Å². The molecular weight excluding hydrogens is 469 g/mol. The quantitative estimate of drug-likeness (QED) is 0.344. The van der Waals surface area contributed by atoms with E-state index in [-0.39, 0.29) is 11.9 Å². The second-order valence-corrected chi connectivity index (χ2v) is 9.43. The number of aromatic nitrogens is 5. The molecule has 0 bridgehead atoms. The van der Waals surface area contributed by atoms with Crippen molar-refractivity contribution in [3.8, 4) is 17.0 Å². The topological polar surface area (TPSA) is 69.0 Å². The highest BCUT2D eigenvalue weighted by atomic mass is 19.1. The van der Waals surface area contributed by atoms with Gasteiger partial charge in [0.15, 0.2) is 24.2 Å². The zero-order valence-corrected chi connectivity index (χ0v) is 20.2. The molecule has 4 heterocycles. The van der Waals surface area contributed by atoms with Gasteiger partial charge in [0, 0.05) is 49.5 Å². The molecule has 0 N–H and O–H groups in total. The Morgan fingerprint density at radius 1 is 1.06 bits per heavy atom. The Morgan fingerprint density at radius 3 is 2.56 bits per heavy atom. The van der Waals surface area contributed by atoms with E-state index < -0.39 is 18.4 Å². The summed E-state index contributed by atoms with van der Waals surface area (Å²) in [5.41, 5.74) is 3.62. The molecule has 0 atom stereocenters. The van der Waals surface area contributed by atoms with Gasteiger partial charge in [0.05, 0.1) is 17.9 Å². The van der Waals surface area contributed by atoms with Crippen molar-refractivity contribution in [2.45, 2.75) is 46.0 Å². The molecule has 188 valence electrons. The lowest BCUT2D eigenvalue weighted by Crippen LogP contribution is -2.39. The molecule has 1 fully saturated rings. The molecular formula is C26H27F3N6O. The van der Waals surface area contributed by atoms with E-state index in [0.717, 1.165) is 23.7 Å². The summed E-state index contributed by atoms with van der Waals surface area (Å²) in [6.07, 6.45) is 6.79. The second-order valence-electron chi connectivity index (χ2n) is 9.43. The average Bonchev–Trinajstić information content (AvgIpc) is 3.34. The van der Waals surface area contributed by atoms with E-state index in [0.29, 0.717) is 54.4 Å². The minimum Gasteiger partial charge on any atom is -0.487 e. The summed E-state index contributed by atoms with van der Waals surface area (Å²) in [6, 6.07) is 5.27. The Kier molecular flexibility index (Phi) is 6.75. The van der Waals surface area contributed by atoms with Crippen molar-refractivity contribution < 1.29 is 17.9 Å². The van der Waals surface area contributed by atoms with Crippen LogP contribution < -0.4 is 9.64 Å². The highest BCUT2D eigenvalue weighted by Crippen LogP contribution is 2.32. The molecule has 0 unspecified atom stereocenters. The lowest BCUT2D eigenvalue weighted by Gasteiger charge is -2.33. The number of halogens is 3. The van der Waals surface area contributed by atoms with Gasteiger partial charge in [0.1, 0.15) is 23.1 Å². The number of fused-ring (bicyclic) bond motifs is 1. The minimum atomic E-state index is -0.735. The molecule has 36 heavy (non-hydrogen) atoms. The van der Waals surface area contributed by atoms with Crippen LogP contribution in [0.5, 0.6) is 5.75 Å². The smallest absolute Gasteiger partial charge is 0.181 e. The van der Waals surface area contributed by atoms with Crippen molar-refractivity contribution in [1.82, 2.24) is 24.7 Å². The van der Waals surface area contributed by atoms with E-state index >= 15 is 0 Å². The van der Waals surface area contributed by atoms with Crippen molar-refractivity contribution >= 4 is 16.9 Å². The molecule has 7 nitrogen and oxygen atoms in total. The lowest BCUT2D eigenvalue weighted by molar-refractivity contribution is 0.163. The minimum absolute atomic E-state index is 0.0444. The van der Waals surface area contributed by atoms with Crippen LogP contribution in [0.3, 0.4) is 0 Å². The molecule has 0 amide bonds. The third-order valence-corrected chi connectivity index (χ3v) is 6.16. The first-order valence-corrected chi connectivity index (χ1v) is 12.0. The van der Waals surface area contributed by atoms with Gasteiger partial charge in [-0.15, -0.1) is 0 Å². The van der Waals surface area contributed by atoms with Gasteiger partial charge in [-0.3, -0.25) is 4.98 Å². The maximum absolute atomic E-state index is 14.0. The normalized spacial score (nSPS) is 14.7. The summed E-state index contributed by atoms with van der Waals surface area (Å²) in [7, 11) is 0. The molecule has 1 aromatic carbocycles. The third-order valence-electron chi connectivity index (χ3n) is 6.16. The second kappa shape index (κ2) is 10.1. The van der Waals surface area contributed by atoms with Crippen LogP contribution in [0.4, 0.5) is 19.0 Å². The van der Waals surface area contributed by atoms with Crippen LogP contribution in [0, 0.1) is 17.6 Å². The highest BCUT2D eigenvalue weighted by Gasteiger charge is 2.26. The number of nitrogens with zero attached hydrogens (tertiary/aromatic N) is 6. The maximum atomic E-state index is 14.0. The highest BCUT2D eigenvalue weighted by molar-refractivity contribution is 5.83. The predicted octanol–water partition coefficient (Wildman–Crippen LogP) is 5.34. The molecule has 0 saturated carbocycles. The van der Waals surface area contributed by atoms with Gasteiger partial charge in [-0.1, -0.05) is 13.8 Å². The zero-order valence-electron chi connectivity index (χ0n) is 20.2. The average molecular weight is 497 g/mol. The van der Waals surface area contributed by atoms with E-state index in [1.807, 2.05) is 6.07 Å². The molecule has 0 radical (unpaired) electrons. The van der Waals surface area contributed by atoms with E-state index in [9.17, 15) is 13.2 Å². The van der Waals surface area contributed by atoms with Crippen molar-refractivity contribution in [3.63, 3.8) is 0 Å². The Balaban J connectivity index is 1.42. The molecule has 3 aromatic heterocycles. The van der Waals surface area contributed by atoms with Crippen LogP contribution in [0.2, 0.25) is 0 Å². The lowest BCUT2D eigenvalue weighted by atomic mass is 10.1. The van der Waals surface area contributed by atoms with Gasteiger partial charge in [-0.05, 0) is 30.5 Å². The van der Waals surface area contributed by atoms with Gasteiger partial charge < -0.3 is 9.64 Å². The number of ether oxygens (including phenoxy) is 1. The number of hydrogen-bond acceptors (Lipinski definition) is 6. The first-order chi connectivity index (χ1) is 17.4. The molecule has 10 heteroatoms. The molecule has 0 spiro atoms. The van der Waals surface area contributed by atoms with Gasteiger partial charge in [0.2, 0.25) is 0 Å². The van der Waals surface area contributed by atoms with E-state index in [2.05, 4.69) is 28.8 Å². The molecule has 1 saturated heterocycles. The third kappa shape index (κ3) is 5.12. The van der Waals surface area contributed by atoms with Crippen LogP contribution in [-0.4, -0.2) is 43.9 Å². The van der Waals surface area contributed by atoms with Crippen molar-refractivity contribution in [3.05, 3.63) is 60.2 Å². The predicted molar refractivity (Wildman–Crippen MR) is 130 cm³/mol. The Hall–Kier alpha value is -3.69. The first kappa shape index (κ1) is 24.0. The SMILES string of the molecule is CC(C)Cc1cc2nc(-c3cnn(CF)c3)c(N3CCC(Oc4ccc(F)cc4F)CC3)nc2cn1. The summed E-state index contributed by atoms with van der Waals surface area (Å²) >= 11 is 0. The Morgan fingerprint density at radius 2 is 1.86 bits per heavy atom. The molecule has 5 rings (SSSR count). The summed E-state index contributed by atoms with van der Waals surface area (Å²) in [4.78, 5) is 16.4. The molecule has 0 aliphatic carbocycles. The standard InChI is InChI=1S/C26H27F3N6O/c1-16(2)9-19-11-22-23(13-30-19)33-26(25(32-22)17-12-31-35(14-17)15-27)34-7-5-20(6-8-34)36-24-4-3-18(28)10-21(24)29/h3-4,10-14,16,20H,5-9,15H2,1-2H3. The van der Waals surface area contributed by atoms with Crippen LogP contribution in [-0.2, 0) is 13.2 Å². The Bertz CT molecular complexity index is 1370. The van der Waals surface area contributed by atoms with Crippen LogP contribution in [0.15, 0.2) is 42.9 Å². The zero-order chi connectivity index (χ0) is 25.2. The fraction of sp³-hybridized carbons (Fsp3) is 0.385. The van der Waals surface area contributed by atoms with E-state index in [1.165, 1.54) is 16.8 Å². The molecule has 1 aliphatic heterocycles. The number of piperidine rings is 1. The number of rotatable bonds is 7. The van der Waals surface area contributed by atoms with E-state index in [4.69, 9.17) is 14.7 Å². The molecule has 1 aliphatic rings. The number of anilines is 1. The number of benzene rings is 1. The van der Waals surface area contributed by atoms with Gasteiger partial charge in [0.25, 0.3) is 0 Å². The molecule has 4 aromatic rings. The van der Waals surface area contributed by atoms with Crippen LogP contribution >= 0.6 is 0 Å². The fourth-order valence-corrected chi connectivity index (χ4v) is 4.42. The first-order valence-electron chi connectivity index (χ1n) is 12.0. The van der Waals surface area contributed by atoms with Crippen LogP contribution in [0.1, 0.15) is 32.4 Å². The number of pyridine rings is 1.